The average Bonchev–Trinajstić information content (AvgIpc) is 3.12. The Morgan fingerprint density at radius 3 is 2.59 bits per heavy atom. The van der Waals surface area contributed by atoms with Crippen molar-refractivity contribution in [3.8, 4) is 5.69 Å². The first-order chi connectivity index (χ1) is 13.0. The molecule has 11 heteroatoms. The summed E-state index contributed by atoms with van der Waals surface area (Å²) in [6, 6.07) is 10.8. The molecule has 4 rings (SSSR count). The number of fused-ring (bicyclic) bond motifs is 1. The van der Waals surface area contributed by atoms with Gasteiger partial charge < -0.3 is 4.74 Å². The zero-order valence-corrected chi connectivity index (χ0v) is 14.9. The number of morpholine rings is 1. The predicted octanol–water partition coefficient (Wildman–Crippen LogP) is 1.35. The SMILES string of the molecule is O=[N+]([O-])c1cc(S(=O)(=O)N2CCOCC2)ccc1-n1nnc2ccccc21. The van der Waals surface area contributed by atoms with E-state index in [0.717, 1.165) is 6.07 Å². The van der Waals surface area contributed by atoms with Crippen molar-refractivity contribution in [2.75, 3.05) is 26.3 Å². The lowest BCUT2D eigenvalue weighted by atomic mass is 10.2. The number of rotatable bonds is 4. The Hall–Kier alpha value is -2.89. The summed E-state index contributed by atoms with van der Waals surface area (Å²) in [6.45, 7) is 1.02. The smallest absolute Gasteiger partial charge is 0.296 e. The first-order valence-corrected chi connectivity index (χ1v) is 9.59. The Morgan fingerprint density at radius 2 is 1.85 bits per heavy atom. The fourth-order valence-corrected chi connectivity index (χ4v) is 4.40. The Balaban J connectivity index is 1.83. The number of benzene rings is 2. The van der Waals surface area contributed by atoms with Crippen LogP contribution in [-0.4, -0.2) is 58.9 Å². The van der Waals surface area contributed by atoms with Gasteiger partial charge in [-0.25, -0.2) is 13.1 Å². The number of sulfonamides is 1. The van der Waals surface area contributed by atoms with Crippen LogP contribution in [0.2, 0.25) is 0 Å². The molecule has 0 spiro atoms. The minimum Gasteiger partial charge on any atom is -0.379 e. The molecule has 3 aromatic rings. The number of aromatic nitrogens is 3. The molecule has 0 amide bonds. The Bertz CT molecular complexity index is 1120. The number of para-hydroxylation sites is 1. The molecule has 2 aromatic carbocycles. The topological polar surface area (TPSA) is 120 Å². The van der Waals surface area contributed by atoms with Crippen LogP contribution in [0.5, 0.6) is 0 Å². The van der Waals surface area contributed by atoms with Gasteiger partial charge >= 0.3 is 0 Å². The lowest BCUT2D eigenvalue weighted by molar-refractivity contribution is -0.384. The van der Waals surface area contributed by atoms with E-state index in [-0.39, 0.29) is 29.4 Å². The van der Waals surface area contributed by atoms with Crippen molar-refractivity contribution in [1.29, 1.82) is 0 Å². The minimum atomic E-state index is -3.84. The Labute approximate surface area is 154 Å². The van der Waals surface area contributed by atoms with Crippen LogP contribution in [0.25, 0.3) is 16.7 Å². The average molecular weight is 389 g/mol. The normalized spacial score (nSPS) is 15.9. The second kappa shape index (κ2) is 6.68. The molecule has 1 saturated heterocycles. The quantitative estimate of drug-likeness (QED) is 0.488. The van der Waals surface area contributed by atoms with E-state index < -0.39 is 14.9 Å². The standard InChI is InChI=1S/C16H15N5O5S/c22-21(23)16-11-12(27(24,25)19-7-9-26-10-8-19)5-6-15(16)20-14-4-2-1-3-13(14)17-18-20/h1-6,11H,7-10H2. The summed E-state index contributed by atoms with van der Waals surface area (Å²) in [4.78, 5) is 10.9. The monoisotopic (exact) mass is 389 g/mol. The number of nitrogens with zero attached hydrogens (tertiary/aromatic N) is 5. The largest absolute Gasteiger partial charge is 0.379 e. The molecule has 140 valence electrons. The van der Waals surface area contributed by atoms with Crippen molar-refractivity contribution in [3.63, 3.8) is 0 Å². The fourth-order valence-electron chi connectivity index (χ4n) is 2.97. The van der Waals surface area contributed by atoms with Gasteiger partial charge in [-0.05, 0) is 24.3 Å². The first kappa shape index (κ1) is 17.5. The summed E-state index contributed by atoms with van der Waals surface area (Å²) >= 11 is 0. The summed E-state index contributed by atoms with van der Waals surface area (Å²) in [5, 5.41) is 19.6. The third-order valence-corrected chi connectivity index (χ3v) is 6.23. The van der Waals surface area contributed by atoms with E-state index in [2.05, 4.69) is 10.3 Å². The van der Waals surface area contributed by atoms with E-state index in [9.17, 15) is 18.5 Å². The molecule has 0 radical (unpaired) electrons. The minimum absolute atomic E-state index is 0.135. The van der Waals surface area contributed by atoms with Crippen LogP contribution in [0, 0.1) is 10.1 Å². The van der Waals surface area contributed by atoms with Gasteiger partial charge in [-0.15, -0.1) is 5.10 Å². The van der Waals surface area contributed by atoms with Gasteiger partial charge in [-0.3, -0.25) is 10.1 Å². The predicted molar refractivity (Wildman–Crippen MR) is 95.1 cm³/mol. The van der Waals surface area contributed by atoms with E-state index in [0.29, 0.717) is 24.2 Å². The van der Waals surface area contributed by atoms with E-state index in [1.807, 2.05) is 0 Å². The maximum Gasteiger partial charge on any atom is 0.296 e. The number of nitro benzene ring substituents is 1. The molecule has 0 atom stereocenters. The highest BCUT2D eigenvalue weighted by atomic mass is 32.2. The van der Waals surface area contributed by atoms with E-state index in [1.54, 1.807) is 24.3 Å². The number of hydrogen-bond donors (Lipinski definition) is 0. The molecule has 0 saturated carbocycles. The van der Waals surface area contributed by atoms with Gasteiger partial charge in [0.05, 0.1) is 28.5 Å². The number of nitro groups is 1. The molecule has 2 heterocycles. The van der Waals surface area contributed by atoms with Crippen molar-refractivity contribution in [3.05, 3.63) is 52.6 Å². The van der Waals surface area contributed by atoms with Gasteiger partial charge in [0.1, 0.15) is 11.2 Å². The summed E-state index contributed by atoms with van der Waals surface area (Å²) in [7, 11) is -3.84. The molecule has 0 unspecified atom stereocenters. The molecule has 27 heavy (non-hydrogen) atoms. The van der Waals surface area contributed by atoms with Crippen LogP contribution < -0.4 is 0 Å². The highest BCUT2D eigenvalue weighted by Gasteiger charge is 2.29. The van der Waals surface area contributed by atoms with E-state index in [1.165, 1.54) is 21.1 Å². The lowest BCUT2D eigenvalue weighted by Crippen LogP contribution is -2.40. The fraction of sp³-hybridized carbons (Fsp3) is 0.250. The molecule has 0 bridgehead atoms. The van der Waals surface area contributed by atoms with E-state index in [4.69, 9.17) is 4.74 Å². The van der Waals surface area contributed by atoms with Gasteiger partial charge in [-0.1, -0.05) is 17.3 Å². The van der Waals surface area contributed by atoms with Gasteiger partial charge in [-0.2, -0.15) is 4.31 Å². The van der Waals surface area contributed by atoms with Gasteiger partial charge in [0.25, 0.3) is 5.69 Å². The molecule has 0 N–H and O–H groups in total. The Morgan fingerprint density at radius 1 is 1.11 bits per heavy atom. The van der Waals surface area contributed by atoms with Crippen molar-refractivity contribution in [1.82, 2.24) is 19.3 Å². The van der Waals surface area contributed by atoms with Crippen molar-refractivity contribution in [2.45, 2.75) is 4.90 Å². The van der Waals surface area contributed by atoms with Gasteiger partial charge in [0, 0.05) is 19.2 Å². The van der Waals surface area contributed by atoms with Crippen LogP contribution >= 0.6 is 0 Å². The van der Waals surface area contributed by atoms with Crippen molar-refractivity contribution >= 4 is 26.7 Å². The van der Waals surface area contributed by atoms with Crippen molar-refractivity contribution < 1.29 is 18.1 Å². The summed E-state index contributed by atoms with van der Waals surface area (Å²) in [6.07, 6.45) is 0. The highest BCUT2D eigenvalue weighted by molar-refractivity contribution is 7.89. The molecule has 1 aromatic heterocycles. The molecular formula is C16H15N5O5S. The Kier molecular flexibility index (Phi) is 4.34. The van der Waals surface area contributed by atoms with Crippen LogP contribution in [0.1, 0.15) is 0 Å². The second-order valence-electron chi connectivity index (χ2n) is 5.91. The molecule has 1 fully saturated rings. The van der Waals surface area contributed by atoms with Crippen LogP contribution in [0.4, 0.5) is 5.69 Å². The zero-order chi connectivity index (χ0) is 19.0. The molecule has 1 aliphatic rings. The maximum atomic E-state index is 12.8. The third kappa shape index (κ3) is 3.05. The third-order valence-electron chi connectivity index (χ3n) is 4.33. The van der Waals surface area contributed by atoms with Crippen molar-refractivity contribution in [2.24, 2.45) is 0 Å². The number of ether oxygens (including phenoxy) is 1. The number of hydrogen-bond acceptors (Lipinski definition) is 7. The zero-order valence-electron chi connectivity index (χ0n) is 14.1. The van der Waals surface area contributed by atoms with Crippen LogP contribution in [0.15, 0.2) is 47.4 Å². The first-order valence-electron chi connectivity index (χ1n) is 8.15. The molecular weight excluding hydrogens is 374 g/mol. The van der Waals surface area contributed by atoms with Crippen LogP contribution in [-0.2, 0) is 14.8 Å². The molecule has 0 aliphatic carbocycles. The summed E-state index contributed by atoms with van der Waals surface area (Å²) in [5.74, 6) is 0. The van der Waals surface area contributed by atoms with Gasteiger partial charge in [0.15, 0.2) is 0 Å². The summed E-state index contributed by atoms with van der Waals surface area (Å²) < 4.78 is 33.3. The highest BCUT2D eigenvalue weighted by Crippen LogP contribution is 2.29. The maximum absolute atomic E-state index is 12.8. The second-order valence-corrected chi connectivity index (χ2v) is 7.85. The lowest BCUT2D eigenvalue weighted by Gasteiger charge is -2.26. The van der Waals surface area contributed by atoms with E-state index >= 15 is 0 Å². The van der Waals surface area contributed by atoms with Gasteiger partial charge in [0.2, 0.25) is 10.0 Å². The summed E-state index contributed by atoms with van der Waals surface area (Å²) in [5.41, 5.74) is 0.954. The van der Waals surface area contributed by atoms with Crippen LogP contribution in [0.3, 0.4) is 0 Å². The molecule has 10 nitrogen and oxygen atoms in total. The molecule has 1 aliphatic heterocycles.